The van der Waals surface area contributed by atoms with Crippen molar-refractivity contribution >= 4 is 17.4 Å². The van der Waals surface area contributed by atoms with Crippen molar-refractivity contribution in [1.29, 1.82) is 0 Å². The van der Waals surface area contributed by atoms with Crippen molar-refractivity contribution in [2.75, 3.05) is 14.2 Å². The van der Waals surface area contributed by atoms with Gasteiger partial charge < -0.3 is 13.9 Å². The zero-order chi connectivity index (χ0) is 21.8. The third-order valence-corrected chi connectivity index (χ3v) is 4.99. The van der Waals surface area contributed by atoms with Crippen LogP contribution >= 0.6 is 11.8 Å². The number of ether oxygens (including phenoxy) is 2. The predicted molar refractivity (Wildman–Crippen MR) is 108 cm³/mol. The fourth-order valence-electron chi connectivity index (χ4n) is 2.68. The predicted octanol–water partition coefficient (Wildman–Crippen LogP) is 2.93. The summed E-state index contributed by atoms with van der Waals surface area (Å²) in [5.74, 6) is 1.17. The maximum Gasteiger partial charge on any atom is 0.314 e. The minimum Gasteiger partial charge on any atom is -0.494 e. The molecule has 0 atom stereocenters. The Labute approximate surface area is 179 Å². The molecule has 4 aromatic rings. The number of aromatic nitrogens is 6. The van der Waals surface area contributed by atoms with E-state index in [1.807, 2.05) is 0 Å². The molecule has 3 heterocycles. The van der Waals surface area contributed by atoms with Crippen molar-refractivity contribution < 1.29 is 18.8 Å². The Morgan fingerprint density at radius 1 is 1.13 bits per heavy atom. The third-order valence-electron chi connectivity index (χ3n) is 4.14. The number of hydrogen-bond donors (Lipinski definition) is 0. The first kappa shape index (κ1) is 20.3. The minimum atomic E-state index is -0.543. The zero-order valence-corrected chi connectivity index (χ0v) is 17.1. The standard InChI is InChI=1S/C18H15N7O5S/c1-28-15-8-14(25(26)27)16(29-2)7-13(15)24-9-12(20-23-24)10-31-18-22-21-17(30-18)11-3-5-19-6-4-11/h3-9H,10H2,1-2H3. The van der Waals surface area contributed by atoms with Gasteiger partial charge in [0.25, 0.3) is 5.22 Å². The number of thioether (sulfide) groups is 1. The van der Waals surface area contributed by atoms with Crippen LogP contribution in [0, 0.1) is 10.1 Å². The van der Waals surface area contributed by atoms with Crippen LogP contribution in [0.1, 0.15) is 5.69 Å². The molecule has 0 amide bonds. The molecular weight excluding hydrogens is 426 g/mol. The average Bonchev–Trinajstić information content (AvgIpc) is 3.47. The highest BCUT2D eigenvalue weighted by Gasteiger charge is 2.21. The number of benzene rings is 1. The molecule has 13 heteroatoms. The van der Waals surface area contributed by atoms with E-state index >= 15 is 0 Å². The lowest BCUT2D eigenvalue weighted by molar-refractivity contribution is -0.385. The Bertz CT molecular complexity index is 1210. The quantitative estimate of drug-likeness (QED) is 0.226. The topological polar surface area (TPSA) is 144 Å². The minimum absolute atomic E-state index is 0.0849. The van der Waals surface area contributed by atoms with Crippen LogP contribution in [0.15, 0.2) is 52.5 Å². The van der Waals surface area contributed by atoms with Gasteiger partial charge in [0.05, 0.1) is 37.1 Å². The van der Waals surface area contributed by atoms with Gasteiger partial charge in [-0.2, -0.15) is 0 Å². The van der Waals surface area contributed by atoms with E-state index in [-0.39, 0.29) is 17.2 Å². The molecule has 0 aliphatic rings. The number of nitrogens with zero attached hydrogens (tertiary/aromatic N) is 7. The van der Waals surface area contributed by atoms with Crippen LogP contribution < -0.4 is 9.47 Å². The lowest BCUT2D eigenvalue weighted by Gasteiger charge is -2.10. The highest BCUT2D eigenvalue weighted by Crippen LogP contribution is 2.36. The van der Waals surface area contributed by atoms with Crippen molar-refractivity contribution in [3.8, 4) is 28.6 Å². The Morgan fingerprint density at radius 2 is 1.90 bits per heavy atom. The molecule has 4 rings (SSSR count). The summed E-state index contributed by atoms with van der Waals surface area (Å²) in [7, 11) is 2.77. The SMILES string of the molecule is COc1cc([N+](=O)[O-])c(OC)cc1-n1cc(CSc2nnc(-c3ccncc3)o2)nn1. The Kier molecular flexibility index (Phi) is 5.75. The second-order valence-electron chi connectivity index (χ2n) is 6.01. The van der Waals surface area contributed by atoms with Crippen LogP contribution in [0.3, 0.4) is 0 Å². The lowest BCUT2D eigenvalue weighted by atomic mass is 10.2. The van der Waals surface area contributed by atoms with E-state index in [9.17, 15) is 10.1 Å². The molecule has 0 fully saturated rings. The monoisotopic (exact) mass is 441 g/mol. The summed E-state index contributed by atoms with van der Waals surface area (Å²) in [6.45, 7) is 0. The molecule has 12 nitrogen and oxygen atoms in total. The second kappa shape index (κ2) is 8.79. The smallest absolute Gasteiger partial charge is 0.314 e. The van der Waals surface area contributed by atoms with Crippen LogP contribution in [0.4, 0.5) is 5.69 Å². The van der Waals surface area contributed by atoms with Crippen molar-refractivity contribution in [2.45, 2.75) is 11.0 Å². The Morgan fingerprint density at radius 3 is 2.61 bits per heavy atom. The fraction of sp³-hybridized carbons (Fsp3) is 0.167. The van der Waals surface area contributed by atoms with Gasteiger partial charge in [-0.15, -0.1) is 15.3 Å². The van der Waals surface area contributed by atoms with Crippen LogP contribution in [0.2, 0.25) is 0 Å². The molecule has 0 saturated heterocycles. The van der Waals surface area contributed by atoms with Crippen molar-refractivity contribution in [3.63, 3.8) is 0 Å². The molecule has 31 heavy (non-hydrogen) atoms. The summed E-state index contributed by atoms with van der Waals surface area (Å²) in [5.41, 5.74) is 1.65. The van der Waals surface area contributed by atoms with E-state index < -0.39 is 4.92 Å². The molecule has 0 unspecified atom stereocenters. The largest absolute Gasteiger partial charge is 0.494 e. The fourth-order valence-corrected chi connectivity index (χ4v) is 3.32. The van der Waals surface area contributed by atoms with Gasteiger partial charge in [-0.1, -0.05) is 17.0 Å². The molecule has 3 aromatic heterocycles. The molecule has 1 aromatic carbocycles. The van der Waals surface area contributed by atoms with Gasteiger partial charge in [0, 0.05) is 29.8 Å². The average molecular weight is 441 g/mol. The summed E-state index contributed by atoms with van der Waals surface area (Å²) in [6, 6.07) is 6.31. The molecule has 0 spiro atoms. The van der Waals surface area contributed by atoms with E-state index in [0.717, 1.165) is 5.56 Å². The van der Waals surface area contributed by atoms with Gasteiger partial charge in [-0.3, -0.25) is 15.1 Å². The van der Waals surface area contributed by atoms with Gasteiger partial charge in [-0.25, -0.2) is 4.68 Å². The van der Waals surface area contributed by atoms with Gasteiger partial charge in [0.1, 0.15) is 5.69 Å². The van der Waals surface area contributed by atoms with Crippen LogP contribution in [0.25, 0.3) is 17.1 Å². The second-order valence-corrected chi connectivity index (χ2v) is 6.93. The van der Waals surface area contributed by atoms with E-state index in [4.69, 9.17) is 13.9 Å². The molecule has 158 valence electrons. The first-order chi connectivity index (χ1) is 15.1. The third kappa shape index (κ3) is 4.30. The van der Waals surface area contributed by atoms with Gasteiger partial charge in [0.15, 0.2) is 11.5 Å². The highest BCUT2D eigenvalue weighted by atomic mass is 32.2. The molecular formula is C18H15N7O5S. The number of nitro groups is 1. The number of methoxy groups -OCH3 is 2. The summed E-state index contributed by atoms with van der Waals surface area (Å²) in [5, 5.41) is 27.9. The van der Waals surface area contributed by atoms with Crippen LogP contribution in [-0.2, 0) is 5.75 Å². The molecule has 0 saturated carbocycles. The number of hydrogen-bond acceptors (Lipinski definition) is 11. The van der Waals surface area contributed by atoms with Crippen molar-refractivity contribution in [1.82, 2.24) is 30.2 Å². The lowest BCUT2D eigenvalue weighted by Crippen LogP contribution is -2.02. The van der Waals surface area contributed by atoms with Gasteiger partial charge >= 0.3 is 5.69 Å². The first-order valence-electron chi connectivity index (χ1n) is 8.77. The van der Waals surface area contributed by atoms with Crippen LogP contribution in [-0.4, -0.2) is 49.3 Å². The van der Waals surface area contributed by atoms with Crippen molar-refractivity contribution in [3.05, 3.63) is 58.7 Å². The maximum atomic E-state index is 11.2. The highest BCUT2D eigenvalue weighted by molar-refractivity contribution is 7.98. The van der Waals surface area contributed by atoms with E-state index in [1.54, 1.807) is 30.7 Å². The number of rotatable bonds is 8. The van der Waals surface area contributed by atoms with Crippen LogP contribution in [0.5, 0.6) is 11.5 Å². The summed E-state index contributed by atoms with van der Waals surface area (Å²) >= 11 is 1.30. The van der Waals surface area contributed by atoms with Gasteiger partial charge in [0.2, 0.25) is 5.89 Å². The summed E-state index contributed by atoms with van der Waals surface area (Å²) in [6.07, 6.45) is 4.97. The van der Waals surface area contributed by atoms with E-state index in [0.29, 0.717) is 28.2 Å². The Hall–Kier alpha value is -4.00. The van der Waals surface area contributed by atoms with E-state index in [1.165, 1.54) is 42.8 Å². The van der Waals surface area contributed by atoms with Gasteiger partial charge in [-0.05, 0) is 12.1 Å². The number of pyridine rings is 1. The molecule has 0 N–H and O–H groups in total. The number of nitro benzene ring substituents is 1. The molecule has 0 radical (unpaired) electrons. The zero-order valence-electron chi connectivity index (χ0n) is 16.3. The maximum absolute atomic E-state index is 11.2. The Balaban J connectivity index is 1.51. The van der Waals surface area contributed by atoms with E-state index in [2.05, 4.69) is 25.5 Å². The molecule has 0 aliphatic heterocycles. The molecule has 0 aliphatic carbocycles. The molecule has 0 bridgehead atoms. The first-order valence-corrected chi connectivity index (χ1v) is 9.76. The summed E-state index contributed by atoms with van der Waals surface area (Å²) < 4.78 is 17.5. The van der Waals surface area contributed by atoms with Crippen molar-refractivity contribution in [2.24, 2.45) is 0 Å². The normalized spacial score (nSPS) is 10.8. The summed E-state index contributed by atoms with van der Waals surface area (Å²) in [4.78, 5) is 14.6.